The summed E-state index contributed by atoms with van der Waals surface area (Å²) in [6.07, 6.45) is 2.68. The molecule has 0 aromatic rings. The fraction of sp³-hybridized carbons (Fsp3) is 0.650. The summed E-state index contributed by atoms with van der Waals surface area (Å²) >= 11 is 0. The van der Waals surface area contributed by atoms with Gasteiger partial charge in [0, 0.05) is 6.54 Å². The van der Waals surface area contributed by atoms with E-state index in [9.17, 15) is 14.4 Å². The van der Waals surface area contributed by atoms with Crippen LogP contribution >= 0.6 is 0 Å². The summed E-state index contributed by atoms with van der Waals surface area (Å²) < 4.78 is 10.6. The minimum atomic E-state index is -0.936. The molecule has 3 atom stereocenters. The highest BCUT2D eigenvalue weighted by atomic mass is 16.6. The van der Waals surface area contributed by atoms with Gasteiger partial charge in [-0.25, -0.2) is 9.69 Å². The molecule has 0 saturated carbocycles. The molecule has 1 aliphatic rings. The number of amides is 2. The molecule has 1 heterocycles. The van der Waals surface area contributed by atoms with E-state index >= 15 is 0 Å². The van der Waals surface area contributed by atoms with Crippen LogP contribution in [0.3, 0.4) is 0 Å². The van der Waals surface area contributed by atoms with Gasteiger partial charge < -0.3 is 14.8 Å². The van der Waals surface area contributed by atoms with Crippen molar-refractivity contribution in [2.24, 2.45) is 11.8 Å². The van der Waals surface area contributed by atoms with Crippen LogP contribution in [-0.4, -0.2) is 53.7 Å². The van der Waals surface area contributed by atoms with E-state index in [0.29, 0.717) is 6.54 Å². The maximum absolute atomic E-state index is 13.2. The second-order valence-electron chi connectivity index (χ2n) is 7.94. The van der Waals surface area contributed by atoms with Crippen LogP contribution in [0.5, 0.6) is 0 Å². The Morgan fingerprint density at radius 3 is 2.44 bits per heavy atom. The highest BCUT2D eigenvalue weighted by molar-refractivity contribution is 5.97. The van der Waals surface area contributed by atoms with Crippen LogP contribution in [0.1, 0.15) is 41.0 Å². The first-order valence-electron chi connectivity index (χ1n) is 9.21. The zero-order valence-electron chi connectivity index (χ0n) is 17.0. The number of ether oxygens (including phenoxy) is 2. The molecule has 2 amide bonds. The van der Waals surface area contributed by atoms with E-state index in [1.807, 2.05) is 13.8 Å². The molecule has 7 nitrogen and oxygen atoms in total. The molecule has 0 aromatic heterocycles. The van der Waals surface area contributed by atoms with Gasteiger partial charge in [-0.3, -0.25) is 9.59 Å². The van der Waals surface area contributed by atoms with Crippen molar-refractivity contribution in [1.82, 2.24) is 10.2 Å². The Balaban J connectivity index is 3.19. The minimum absolute atomic E-state index is 0.0332. The predicted octanol–water partition coefficient (Wildman–Crippen LogP) is 2.67. The second kappa shape index (κ2) is 9.69. The summed E-state index contributed by atoms with van der Waals surface area (Å²) in [7, 11) is 0. The number of nitrogens with one attached hydrogen (secondary N) is 1. The van der Waals surface area contributed by atoms with Crippen molar-refractivity contribution in [2.75, 3.05) is 13.2 Å². The van der Waals surface area contributed by atoms with E-state index < -0.39 is 35.5 Å². The lowest BCUT2D eigenvalue weighted by Gasteiger charge is -2.32. The molecule has 1 N–H and O–H groups in total. The molecule has 0 aromatic carbocycles. The van der Waals surface area contributed by atoms with Crippen molar-refractivity contribution in [3.63, 3.8) is 0 Å². The van der Waals surface area contributed by atoms with Crippen molar-refractivity contribution in [1.29, 1.82) is 0 Å². The van der Waals surface area contributed by atoms with E-state index in [-0.39, 0.29) is 25.0 Å². The van der Waals surface area contributed by atoms with Crippen molar-refractivity contribution < 1.29 is 23.9 Å². The minimum Gasteiger partial charge on any atom is -0.459 e. The van der Waals surface area contributed by atoms with Gasteiger partial charge in [0.15, 0.2) is 0 Å². The molecular formula is C20H32N2O5. The highest BCUT2D eigenvalue weighted by Gasteiger charge is 2.45. The molecule has 27 heavy (non-hydrogen) atoms. The Bertz CT molecular complexity index is 579. The summed E-state index contributed by atoms with van der Waals surface area (Å²) in [5.41, 5.74) is -0.708. The van der Waals surface area contributed by atoms with Gasteiger partial charge in [0.2, 0.25) is 5.91 Å². The van der Waals surface area contributed by atoms with Crippen LogP contribution in [-0.2, 0) is 19.1 Å². The van der Waals surface area contributed by atoms with E-state index in [1.165, 1.54) is 0 Å². The molecule has 7 heteroatoms. The first-order valence-corrected chi connectivity index (χ1v) is 9.21. The molecule has 0 radical (unpaired) electrons. The number of allylic oxidation sites excluding steroid dienone is 1. The molecule has 3 unspecified atom stereocenters. The number of carbonyl (C=O) groups is 3. The van der Waals surface area contributed by atoms with E-state index in [1.54, 1.807) is 32.9 Å². The van der Waals surface area contributed by atoms with Gasteiger partial charge in [0.05, 0.1) is 12.0 Å². The Morgan fingerprint density at radius 2 is 1.96 bits per heavy atom. The Labute approximate surface area is 161 Å². The lowest BCUT2D eigenvalue weighted by atomic mass is 9.92. The van der Waals surface area contributed by atoms with Gasteiger partial charge in [-0.05, 0) is 33.1 Å². The Morgan fingerprint density at radius 1 is 1.33 bits per heavy atom. The number of carbonyl (C=O) groups excluding carboxylic acids is 3. The van der Waals surface area contributed by atoms with Crippen molar-refractivity contribution in [3.8, 4) is 0 Å². The topological polar surface area (TPSA) is 84.9 Å². The van der Waals surface area contributed by atoms with Crippen LogP contribution in [0.15, 0.2) is 25.3 Å². The number of esters is 1. The van der Waals surface area contributed by atoms with Crippen molar-refractivity contribution >= 4 is 18.0 Å². The van der Waals surface area contributed by atoms with Crippen LogP contribution < -0.4 is 5.32 Å². The van der Waals surface area contributed by atoms with E-state index in [4.69, 9.17) is 9.47 Å². The largest absolute Gasteiger partial charge is 0.459 e. The number of hydrogen-bond acceptors (Lipinski definition) is 6. The first-order chi connectivity index (χ1) is 12.5. The standard InChI is InChI=1S/C20H32N2O5/c1-8-10-14(16(21-11-9-2)18(24)27-20(5,6)7)17(23)22-15(13(3)4)12-26-19(22)25/h8-9,13-16,21H,1-2,10-12H2,3-7H3. The quantitative estimate of drug-likeness (QED) is 0.489. The summed E-state index contributed by atoms with van der Waals surface area (Å²) in [5, 5.41) is 3.00. The van der Waals surface area contributed by atoms with Crippen LogP contribution in [0.4, 0.5) is 4.79 Å². The Kier molecular flexibility index (Phi) is 8.21. The third kappa shape index (κ3) is 6.20. The first kappa shape index (κ1) is 22.9. The molecule has 1 fully saturated rings. The lowest BCUT2D eigenvalue weighted by Crippen LogP contribution is -2.54. The van der Waals surface area contributed by atoms with E-state index in [0.717, 1.165) is 4.90 Å². The third-order valence-electron chi connectivity index (χ3n) is 4.20. The lowest BCUT2D eigenvalue weighted by molar-refractivity contribution is -0.161. The van der Waals surface area contributed by atoms with Gasteiger partial charge in [0.25, 0.3) is 0 Å². The van der Waals surface area contributed by atoms with Gasteiger partial charge in [-0.15, -0.1) is 13.2 Å². The highest BCUT2D eigenvalue weighted by Crippen LogP contribution is 2.25. The fourth-order valence-corrected chi connectivity index (χ4v) is 2.88. The number of cyclic esters (lactones) is 1. The van der Waals surface area contributed by atoms with Gasteiger partial charge >= 0.3 is 12.1 Å². The van der Waals surface area contributed by atoms with Gasteiger partial charge in [0.1, 0.15) is 18.2 Å². The van der Waals surface area contributed by atoms with Crippen molar-refractivity contribution in [2.45, 2.75) is 58.7 Å². The van der Waals surface area contributed by atoms with Crippen molar-refractivity contribution in [3.05, 3.63) is 25.3 Å². The molecule has 0 aliphatic carbocycles. The normalized spacial score (nSPS) is 19.4. The number of hydrogen-bond donors (Lipinski definition) is 1. The molecular weight excluding hydrogens is 348 g/mol. The van der Waals surface area contributed by atoms with Gasteiger partial charge in [-0.1, -0.05) is 26.0 Å². The van der Waals surface area contributed by atoms with Crippen LogP contribution in [0.2, 0.25) is 0 Å². The molecule has 0 bridgehead atoms. The zero-order valence-corrected chi connectivity index (χ0v) is 17.0. The zero-order chi connectivity index (χ0) is 20.8. The third-order valence-corrected chi connectivity index (χ3v) is 4.20. The smallest absolute Gasteiger partial charge is 0.416 e. The maximum atomic E-state index is 13.2. The number of rotatable bonds is 9. The molecule has 1 aliphatic heterocycles. The number of nitrogens with zero attached hydrogens (tertiary/aromatic N) is 1. The van der Waals surface area contributed by atoms with Crippen LogP contribution in [0.25, 0.3) is 0 Å². The van der Waals surface area contributed by atoms with Crippen LogP contribution in [0, 0.1) is 11.8 Å². The molecule has 1 saturated heterocycles. The number of imide groups is 1. The summed E-state index contributed by atoms with van der Waals surface area (Å²) in [6, 6.07) is -1.30. The molecule has 152 valence electrons. The maximum Gasteiger partial charge on any atom is 0.416 e. The molecule has 1 rings (SSSR count). The predicted molar refractivity (Wildman–Crippen MR) is 103 cm³/mol. The molecule has 0 spiro atoms. The van der Waals surface area contributed by atoms with E-state index in [2.05, 4.69) is 18.5 Å². The monoisotopic (exact) mass is 380 g/mol. The average molecular weight is 380 g/mol. The second-order valence-corrected chi connectivity index (χ2v) is 7.94. The SMILES string of the molecule is C=CCNC(C(=O)OC(C)(C)C)C(CC=C)C(=O)N1C(=O)OCC1C(C)C. The summed E-state index contributed by atoms with van der Waals surface area (Å²) in [5.74, 6) is -1.84. The Hall–Kier alpha value is -2.15. The average Bonchev–Trinajstić information content (AvgIpc) is 2.93. The fourth-order valence-electron chi connectivity index (χ4n) is 2.88. The van der Waals surface area contributed by atoms with Gasteiger partial charge in [-0.2, -0.15) is 0 Å². The summed E-state index contributed by atoms with van der Waals surface area (Å²) in [6.45, 7) is 16.9. The summed E-state index contributed by atoms with van der Waals surface area (Å²) in [4.78, 5) is 39.3.